The second-order valence-corrected chi connectivity index (χ2v) is 7.65. The summed E-state index contributed by atoms with van der Waals surface area (Å²) in [5.74, 6) is 1.55. The first-order chi connectivity index (χ1) is 15.1. The van der Waals surface area contributed by atoms with Crippen molar-refractivity contribution in [2.24, 2.45) is 0 Å². The van der Waals surface area contributed by atoms with Crippen LogP contribution in [0.15, 0.2) is 60.7 Å². The van der Waals surface area contributed by atoms with E-state index in [0.29, 0.717) is 5.69 Å². The Bertz CT molecular complexity index is 1050. The molecule has 3 aromatic rings. The number of nitrogens with zero attached hydrogens (tertiary/aromatic N) is 3. The Labute approximate surface area is 207 Å². The lowest BCUT2D eigenvalue weighted by Gasteiger charge is -2.32. The molecule has 6 nitrogen and oxygen atoms in total. The molecule has 33 heavy (non-hydrogen) atoms. The molecule has 1 aromatic heterocycles. The maximum Gasteiger partial charge on any atom is 0.272 e. The van der Waals surface area contributed by atoms with Gasteiger partial charge in [-0.2, -0.15) is 0 Å². The SMILES string of the molecule is COc1ccc(-c2ccc(C(=O)N3CCN(C)CC3)nc2-c2ccc(OC)cc2)cc1.Cl.Cl. The van der Waals surface area contributed by atoms with Gasteiger partial charge >= 0.3 is 0 Å². The average Bonchev–Trinajstić information content (AvgIpc) is 2.84. The largest absolute Gasteiger partial charge is 0.497 e. The highest BCUT2D eigenvalue weighted by molar-refractivity contribution is 5.94. The molecule has 1 aliphatic rings. The first-order valence-electron chi connectivity index (χ1n) is 10.4. The van der Waals surface area contributed by atoms with Crippen molar-refractivity contribution in [3.05, 3.63) is 66.4 Å². The van der Waals surface area contributed by atoms with Crippen LogP contribution in [0, 0.1) is 0 Å². The number of carbonyl (C=O) groups excluding carboxylic acids is 1. The third-order valence-corrected chi connectivity index (χ3v) is 5.67. The topological polar surface area (TPSA) is 54.9 Å². The Morgan fingerprint density at radius 1 is 0.758 bits per heavy atom. The lowest BCUT2D eigenvalue weighted by Crippen LogP contribution is -2.47. The highest BCUT2D eigenvalue weighted by atomic mass is 35.5. The third-order valence-electron chi connectivity index (χ3n) is 5.67. The fourth-order valence-corrected chi connectivity index (χ4v) is 3.72. The van der Waals surface area contributed by atoms with Gasteiger partial charge in [-0.15, -0.1) is 24.8 Å². The van der Waals surface area contributed by atoms with Gasteiger partial charge in [0, 0.05) is 37.3 Å². The molecule has 1 saturated heterocycles. The van der Waals surface area contributed by atoms with E-state index in [-0.39, 0.29) is 30.7 Å². The second kappa shape index (κ2) is 11.9. The zero-order valence-corrected chi connectivity index (χ0v) is 20.6. The molecule has 0 aliphatic carbocycles. The number of hydrogen-bond donors (Lipinski definition) is 0. The van der Waals surface area contributed by atoms with Gasteiger partial charge in [0.1, 0.15) is 17.2 Å². The van der Waals surface area contributed by atoms with Crippen LogP contribution in [0.25, 0.3) is 22.4 Å². The van der Waals surface area contributed by atoms with Gasteiger partial charge in [0.2, 0.25) is 0 Å². The molecule has 1 fully saturated rings. The van der Waals surface area contributed by atoms with Crippen LogP contribution in [0.2, 0.25) is 0 Å². The van der Waals surface area contributed by atoms with Gasteiger partial charge in [0.25, 0.3) is 5.91 Å². The maximum absolute atomic E-state index is 13.1. The summed E-state index contributed by atoms with van der Waals surface area (Å²) in [6.07, 6.45) is 0. The number of piperazine rings is 1. The molecule has 0 radical (unpaired) electrons. The smallest absolute Gasteiger partial charge is 0.272 e. The summed E-state index contributed by atoms with van der Waals surface area (Å²) in [5.41, 5.74) is 4.14. The van der Waals surface area contributed by atoms with Crippen LogP contribution in [0.4, 0.5) is 0 Å². The van der Waals surface area contributed by atoms with Crippen LogP contribution < -0.4 is 9.47 Å². The molecule has 2 aromatic carbocycles. The Balaban J connectivity index is 0.00000193. The van der Waals surface area contributed by atoms with Gasteiger partial charge < -0.3 is 19.3 Å². The molecular weight excluding hydrogens is 461 g/mol. The number of carbonyl (C=O) groups is 1. The fourth-order valence-electron chi connectivity index (χ4n) is 3.72. The van der Waals surface area contributed by atoms with Crippen LogP contribution in [0.3, 0.4) is 0 Å². The fraction of sp³-hybridized carbons (Fsp3) is 0.280. The number of amides is 1. The van der Waals surface area contributed by atoms with Crippen molar-refractivity contribution in [2.45, 2.75) is 0 Å². The van der Waals surface area contributed by atoms with Crippen LogP contribution in [0.1, 0.15) is 10.5 Å². The summed E-state index contributed by atoms with van der Waals surface area (Å²) >= 11 is 0. The Morgan fingerprint density at radius 3 is 1.79 bits per heavy atom. The zero-order chi connectivity index (χ0) is 21.8. The predicted molar refractivity (Wildman–Crippen MR) is 136 cm³/mol. The molecular formula is C25H29Cl2N3O3. The van der Waals surface area contributed by atoms with Crippen molar-refractivity contribution in [1.82, 2.24) is 14.8 Å². The molecule has 4 rings (SSSR count). The van der Waals surface area contributed by atoms with Gasteiger partial charge in [-0.1, -0.05) is 12.1 Å². The summed E-state index contributed by atoms with van der Waals surface area (Å²) in [7, 11) is 5.37. The number of ether oxygens (including phenoxy) is 2. The van der Waals surface area contributed by atoms with Gasteiger partial charge in [-0.3, -0.25) is 4.79 Å². The molecule has 0 atom stereocenters. The number of hydrogen-bond acceptors (Lipinski definition) is 5. The van der Waals surface area contributed by atoms with Crippen LogP contribution in [-0.4, -0.2) is 68.1 Å². The molecule has 176 valence electrons. The normalized spacial score (nSPS) is 13.5. The molecule has 0 unspecified atom stereocenters. The number of halogens is 2. The van der Waals surface area contributed by atoms with Crippen LogP contribution in [-0.2, 0) is 0 Å². The number of benzene rings is 2. The maximum atomic E-state index is 13.1. The molecule has 0 N–H and O–H groups in total. The van der Waals surface area contributed by atoms with Gasteiger partial charge in [-0.25, -0.2) is 4.98 Å². The van der Waals surface area contributed by atoms with Crippen LogP contribution in [0.5, 0.6) is 11.5 Å². The van der Waals surface area contributed by atoms with Crippen molar-refractivity contribution in [2.75, 3.05) is 47.4 Å². The Kier molecular flexibility index (Phi) is 9.53. The van der Waals surface area contributed by atoms with E-state index in [0.717, 1.165) is 60.1 Å². The number of aromatic nitrogens is 1. The summed E-state index contributed by atoms with van der Waals surface area (Å²) in [4.78, 5) is 22.1. The average molecular weight is 490 g/mol. The molecule has 1 amide bonds. The number of methoxy groups -OCH3 is 2. The molecule has 0 saturated carbocycles. The number of pyridine rings is 1. The Morgan fingerprint density at radius 2 is 1.27 bits per heavy atom. The van der Waals surface area contributed by atoms with Crippen molar-refractivity contribution in [3.63, 3.8) is 0 Å². The number of rotatable bonds is 5. The first-order valence-corrected chi connectivity index (χ1v) is 10.4. The molecule has 0 bridgehead atoms. The van der Waals surface area contributed by atoms with E-state index in [1.807, 2.05) is 65.6 Å². The highest BCUT2D eigenvalue weighted by Gasteiger charge is 2.22. The van der Waals surface area contributed by atoms with Gasteiger partial charge in [0.05, 0.1) is 19.9 Å². The van der Waals surface area contributed by atoms with E-state index in [2.05, 4.69) is 11.9 Å². The molecule has 0 spiro atoms. The zero-order valence-electron chi connectivity index (χ0n) is 19.0. The minimum Gasteiger partial charge on any atom is -0.497 e. The van der Waals surface area contributed by atoms with E-state index in [9.17, 15) is 4.79 Å². The van der Waals surface area contributed by atoms with E-state index in [1.165, 1.54) is 0 Å². The van der Waals surface area contributed by atoms with E-state index in [4.69, 9.17) is 14.5 Å². The number of likely N-dealkylation sites (N-methyl/N-ethyl adjacent to an activating group) is 1. The minimum atomic E-state index is -0.0239. The summed E-state index contributed by atoms with van der Waals surface area (Å²) in [6.45, 7) is 3.19. The van der Waals surface area contributed by atoms with Crippen molar-refractivity contribution >= 4 is 30.7 Å². The van der Waals surface area contributed by atoms with Gasteiger partial charge in [0.15, 0.2) is 0 Å². The molecule has 1 aliphatic heterocycles. The minimum absolute atomic E-state index is 0. The van der Waals surface area contributed by atoms with E-state index in [1.54, 1.807) is 14.2 Å². The summed E-state index contributed by atoms with van der Waals surface area (Å²) in [5, 5.41) is 0. The second-order valence-electron chi connectivity index (χ2n) is 7.65. The molecule has 2 heterocycles. The Hall–Kier alpha value is -2.80. The quantitative estimate of drug-likeness (QED) is 0.521. The van der Waals surface area contributed by atoms with Crippen molar-refractivity contribution in [1.29, 1.82) is 0 Å². The highest BCUT2D eigenvalue weighted by Crippen LogP contribution is 2.33. The first kappa shape index (κ1) is 26.5. The third kappa shape index (κ3) is 5.96. The molecule has 8 heteroatoms. The monoisotopic (exact) mass is 489 g/mol. The van der Waals surface area contributed by atoms with Gasteiger partial charge in [-0.05, 0) is 61.1 Å². The predicted octanol–water partition coefficient (Wildman–Crippen LogP) is 4.66. The summed E-state index contributed by atoms with van der Waals surface area (Å²) in [6, 6.07) is 19.4. The lowest BCUT2D eigenvalue weighted by atomic mass is 9.98. The van der Waals surface area contributed by atoms with Crippen LogP contribution >= 0.6 is 24.8 Å². The van der Waals surface area contributed by atoms with E-state index >= 15 is 0 Å². The lowest BCUT2D eigenvalue weighted by molar-refractivity contribution is 0.0658. The summed E-state index contributed by atoms with van der Waals surface area (Å²) < 4.78 is 10.6. The van der Waals surface area contributed by atoms with Crippen molar-refractivity contribution in [3.8, 4) is 33.9 Å². The standard InChI is InChI=1S/C25H27N3O3.2ClH/c1-27-14-16-28(17-15-27)25(29)23-13-12-22(18-4-8-20(30-2)9-5-18)24(26-23)19-6-10-21(31-3)11-7-19;;/h4-13H,14-17H2,1-3H3;2*1H. The van der Waals surface area contributed by atoms with Crippen molar-refractivity contribution < 1.29 is 14.3 Å². The van der Waals surface area contributed by atoms with E-state index < -0.39 is 0 Å².